The van der Waals surface area contributed by atoms with Crippen molar-refractivity contribution in [3.63, 3.8) is 0 Å². The van der Waals surface area contributed by atoms with Gasteiger partial charge in [0, 0.05) is 12.1 Å². The van der Waals surface area contributed by atoms with E-state index in [2.05, 4.69) is 4.72 Å². The number of aryl methyl sites for hydroxylation is 1. The first-order valence-electron chi connectivity index (χ1n) is 7.44. The van der Waals surface area contributed by atoms with Gasteiger partial charge in [-0.15, -0.1) is 0 Å². The van der Waals surface area contributed by atoms with E-state index in [1.54, 1.807) is 5.48 Å². The quantitative estimate of drug-likeness (QED) is 0.395. The summed E-state index contributed by atoms with van der Waals surface area (Å²) in [5, 5.41) is 8.40. The number of nitrogens with one attached hydrogen (secondary N) is 2. The molecule has 0 fully saturated rings. The summed E-state index contributed by atoms with van der Waals surface area (Å²) in [6, 6.07) is 17.0. The van der Waals surface area contributed by atoms with Crippen LogP contribution >= 0.6 is 0 Å². The average Bonchev–Trinajstić information content (AvgIpc) is 2.60. The zero-order valence-corrected chi connectivity index (χ0v) is 13.5. The van der Waals surface area contributed by atoms with Gasteiger partial charge in [-0.2, -0.15) is 0 Å². The fraction of sp³-hybridized carbons (Fsp3) is 0.235. The molecule has 0 aliphatic heterocycles. The highest BCUT2D eigenvalue weighted by molar-refractivity contribution is 7.86. The normalized spacial score (nSPS) is 11.7. The number of carbonyl (C=O) groups excluding carboxylic acids is 1. The lowest BCUT2D eigenvalue weighted by Gasteiger charge is -2.07. The van der Waals surface area contributed by atoms with E-state index < -0.39 is 11.0 Å². The van der Waals surface area contributed by atoms with Crippen molar-refractivity contribution in [3.8, 4) is 0 Å². The van der Waals surface area contributed by atoms with Gasteiger partial charge < -0.3 is 4.72 Å². The number of anilines is 1. The Morgan fingerprint density at radius 2 is 1.70 bits per heavy atom. The van der Waals surface area contributed by atoms with Crippen molar-refractivity contribution in [1.29, 1.82) is 0 Å². The Labute approximate surface area is 138 Å². The van der Waals surface area contributed by atoms with Crippen LogP contribution in [0.2, 0.25) is 0 Å². The van der Waals surface area contributed by atoms with Crippen molar-refractivity contribution in [3.05, 3.63) is 60.2 Å². The minimum absolute atomic E-state index is 0.326. The van der Waals surface area contributed by atoms with E-state index in [1.165, 1.54) is 0 Å². The van der Waals surface area contributed by atoms with Gasteiger partial charge in [-0.1, -0.05) is 30.3 Å². The molecule has 1 unspecified atom stereocenters. The molecule has 0 bridgehead atoms. The largest absolute Gasteiger partial charge is 0.301 e. The van der Waals surface area contributed by atoms with Crippen LogP contribution in [0.4, 0.5) is 5.69 Å². The Morgan fingerprint density at radius 3 is 2.35 bits per heavy atom. The van der Waals surface area contributed by atoms with Crippen molar-refractivity contribution in [2.24, 2.45) is 0 Å². The van der Waals surface area contributed by atoms with Crippen molar-refractivity contribution in [2.45, 2.75) is 30.6 Å². The van der Waals surface area contributed by atoms with Crippen LogP contribution in [0.1, 0.15) is 24.8 Å². The summed E-state index contributed by atoms with van der Waals surface area (Å²) in [4.78, 5) is 11.6. The topological polar surface area (TPSA) is 78.4 Å². The molecule has 0 aliphatic carbocycles. The van der Waals surface area contributed by atoms with Crippen LogP contribution in [-0.4, -0.2) is 15.3 Å². The molecule has 2 rings (SSSR count). The molecule has 0 saturated carbocycles. The van der Waals surface area contributed by atoms with Crippen molar-refractivity contribution in [2.75, 3.05) is 4.72 Å². The predicted octanol–water partition coefficient (Wildman–Crippen LogP) is 3.04. The Kier molecular flexibility index (Phi) is 6.77. The maximum atomic E-state index is 12.1. The molecule has 122 valence electrons. The molecule has 5 nitrogen and oxygen atoms in total. The fourth-order valence-corrected chi connectivity index (χ4v) is 2.99. The second-order valence-electron chi connectivity index (χ2n) is 5.12. The number of carbonyl (C=O) groups is 1. The number of amides is 1. The van der Waals surface area contributed by atoms with E-state index in [9.17, 15) is 9.00 Å². The van der Waals surface area contributed by atoms with E-state index in [-0.39, 0.29) is 5.91 Å². The first kappa shape index (κ1) is 17.2. The van der Waals surface area contributed by atoms with Crippen LogP contribution in [0, 0.1) is 0 Å². The van der Waals surface area contributed by atoms with Crippen LogP contribution in [-0.2, 0) is 22.2 Å². The molecule has 0 aliphatic rings. The Balaban J connectivity index is 1.80. The van der Waals surface area contributed by atoms with E-state index >= 15 is 0 Å². The maximum absolute atomic E-state index is 12.1. The predicted molar refractivity (Wildman–Crippen MR) is 90.4 cm³/mol. The molecule has 2 aromatic rings. The zero-order chi connectivity index (χ0) is 16.5. The third kappa shape index (κ3) is 5.84. The summed E-state index contributed by atoms with van der Waals surface area (Å²) in [6.45, 7) is 0. The highest BCUT2D eigenvalue weighted by atomic mass is 32.2. The Bertz CT molecular complexity index is 645. The Morgan fingerprint density at radius 1 is 1.00 bits per heavy atom. The van der Waals surface area contributed by atoms with Crippen LogP contribution in [0.5, 0.6) is 0 Å². The third-order valence-electron chi connectivity index (χ3n) is 3.37. The summed E-state index contributed by atoms with van der Waals surface area (Å²) in [7, 11) is -1.27. The van der Waals surface area contributed by atoms with Gasteiger partial charge >= 0.3 is 0 Å². The smallest absolute Gasteiger partial charge is 0.243 e. The van der Waals surface area contributed by atoms with E-state index in [4.69, 9.17) is 5.21 Å². The molecule has 1 atom stereocenters. The van der Waals surface area contributed by atoms with Crippen LogP contribution in [0.3, 0.4) is 0 Å². The van der Waals surface area contributed by atoms with Crippen LogP contribution in [0.15, 0.2) is 59.5 Å². The van der Waals surface area contributed by atoms with Gasteiger partial charge in [-0.3, -0.25) is 10.0 Å². The van der Waals surface area contributed by atoms with Gasteiger partial charge in [-0.05, 0) is 49.1 Å². The molecular formula is C17H20N2O3S. The van der Waals surface area contributed by atoms with Gasteiger partial charge in [0.1, 0.15) is 11.0 Å². The number of unbranched alkanes of at least 4 members (excludes halogenated alkanes) is 1. The maximum Gasteiger partial charge on any atom is 0.243 e. The monoisotopic (exact) mass is 332 g/mol. The summed E-state index contributed by atoms with van der Waals surface area (Å²) < 4.78 is 15.1. The third-order valence-corrected chi connectivity index (χ3v) is 4.49. The lowest BCUT2D eigenvalue weighted by molar-refractivity contribution is -0.129. The van der Waals surface area contributed by atoms with Gasteiger partial charge in [0.2, 0.25) is 5.91 Å². The fourth-order valence-electron chi connectivity index (χ4n) is 2.12. The van der Waals surface area contributed by atoms with E-state index in [0.717, 1.165) is 35.4 Å². The number of hydrogen-bond acceptors (Lipinski definition) is 3. The second-order valence-corrected chi connectivity index (χ2v) is 6.34. The Hall–Kier alpha value is -2.18. The molecule has 0 heterocycles. The number of benzene rings is 2. The van der Waals surface area contributed by atoms with E-state index in [0.29, 0.717) is 6.42 Å². The van der Waals surface area contributed by atoms with Crippen LogP contribution < -0.4 is 10.2 Å². The standard InChI is InChI=1S/C17H20N2O3S/c20-17(18-21)9-5-4-6-14-10-12-15(13-11-14)19-23(22)16-7-2-1-3-8-16/h1-3,7-8,10-13,19,21H,4-6,9H2,(H,18,20). The molecule has 1 amide bonds. The van der Waals surface area contributed by atoms with Crippen molar-refractivity contribution < 1.29 is 14.2 Å². The number of hydrogen-bond donors (Lipinski definition) is 3. The second kappa shape index (κ2) is 9.07. The molecule has 23 heavy (non-hydrogen) atoms. The number of rotatable bonds is 8. The van der Waals surface area contributed by atoms with Crippen molar-refractivity contribution in [1.82, 2.24) is 5.48 Å². The minimum Gasteiger partial charge on any atom is -0.301 e. The average molecular weight is 332 g/mol. The molecular weight excluding hydrogens is 312 g/mol. The summed E-state index contributed by atoms with van der Waals surface area (Å²) in [5.74, 6) is -0.354. The lowest BCUT2D eigenvalue weighted by Crippen LogP contribution is -2.17. The first-order chi connectivity index (χ1) is 11.2. The van der Waals surface area contributed by atoms with E-state index in [1.807, 2.05) is 54.6 Å². The summed E-state index contributed by atoms with van der Waals surface area (Å²) in [5.41, 5.74) is 3.59. The number of hydroxylamine groups is 1. The SMILES string of the molecule is O=C(CCCCc1ccc(NS(=O)c2ccccc2)cc1)NO. The van der Waals surface area contributed by atoms with Gasteiger partial charge in [0.25, 0.3) is 0 Å². The molecule has 3 N–H and O–H groups in total. The zero-order valence-electron chi connectivity index (χ0n) is 12.7. The van der Waals surface area contributed by atoms with Gasteiger partial charge in [0.15, 0.2) is 0 Å². The summed E-state index contributed by atoms with van der Waals surface area (Å²) >= 11 is 0. The lowest BCUT2D eigenvalue weighted by atomic mass is 10.1. The molecule has 0 aromatic heterocycles. The molecule has 0 saturated heterocycles. The first-order valence-corrected chi connectivity index (χ1v) is 8.59. The molecule has 0 radical (unpaired) electrons. The highest BCUT2D eigenvalue weighted by Gasteiger charge is 2.03. The molecule has 0 spiro atoms. The molecule has 2 aromatic carbocycles. The molecule has 6 heteroatoms. The van der Waals surface area contributed by atoms with Gasteiger partial charge in [0.05, 0.1) is 4.90 Å². The van der Waals surface area contributed by atoms with Crippen molar-refractivity contribution >= 4 is 22.6 Å². The minimum atomic E-state index is -1.27. The summed E-state index contributed by atoms with van der Waals surface area (Å²) in [6.07, 6.45) is 2.79. The van der Waals surface area contributed by atoms with Gasteiger partial charge in [-0.25, -0.2) is 9.69 Å². The van der Waals surface area contributed by atoms with Crippen LogP contribution in [0.25, 0.3) is 0 Å². The highest BCUT2D eigenvalue weighted by Crippen LogP contribution is 2.15.